The zero-order chi connectivity index (χ0) is 17.1. The van der Waals surface area contributed by atoms with E-state index in [1.54, 1.807) is 0 Å². The Kier molecular flexibility index (Phi) is 6.47. The van der Waals surface area contributed by atoms with E-state index in [2.05, 4.69) is 55.0 Å². The SMILES string of the molecule is C=C(C)/N=C(\CC(C)C1CCC(C(C)(C)C)CC1)C(C)(C)C. The third-order valence-electron chi connectivity index (χ3n) is 5.51. The molecule has 0 heterocycles. The van der Waals surface area contributed by atoms with Crippen molar-refractivity contribution in [2.45, 2.75) is 87.5 Å². The van der Waals surface area contributed by atoms with Gasteiger partial charge in [0, 0.05) is 16.8 Å². The summed E-state index contributed by atoms with van der Waals surface area (Å²) in [5.74, 6) is 2.51. The molecule has 0 aromatic rings. The normalized spacial score (nSPS) is 25.9. The highest BCUT2D eigenvalue weighted by molar-refractivity contribution is 5.90. The monoisotopic (exact) mass is 305 g/mol. The van der Waals surface area contributed by atoms with Gasteiger partial charge in [-0.15, -0.1) is 0 Å². The average molecular weight is 306 g/mol. The van der Waals surface area contributed by atoms with Crippen molar-refractivity contribution in [2.24, 2.45) is 33.6 Å². The van der Waals surface area contributed by atoms with E-state index in [1.807, 2.05) is 6.92 Å². The van der Waals surface area contributed by atoms with Crippen LogP contribution in [-0.2, 0) is 0 Å². The van der Waals surface area contributed by atoms with Crippen molar-refractivity contribution in [3.05, 3.63) is 12.3 Å². The second-order valence-corrected chi connectivity index (χ2v) is 9.70. The van der Waals surface area contributed by atoms with Crippen LogP contribution in [0.3, 0.4) is 0 Å². The molecule has 0 amide bonds. The highest BCUT2D eigenvalue weighted by Gasteiger charge is 2.32. The molecule has 0 bridgehead atoms. The van der Waals surface area contributed by atoms with E-state index in [1.165, 1.54) is 31.4 Å². The lowest BCUT2D eigenvalue weighted by atomic mass is 9.66. The van der Waals surface area contributed by atoms with Gasteiger partial charge in [0.15, 0.2) is 0 Å². The van der Waals surface area contributed by atoms with Gasteiger partial charge in [-0.1, -0.05) is 55.0 Å². The van der Waals surface area contributed by atoms with Crippen LogP contribution in [0.5, 0.6) is 0 Å². The van der Waals surface area contributed by atoms with Gasteiger partial charge in [0.2, 0.25) is 0 Å². The maximum Gasteiger partial charge on any atom is 0.0300 e. The van der Waals surface area contributed by atoms with Gasteiger partial charge < -0.3 is 0 Å². The van der Waals surface area contributed by atoms with Crippen molar-refractivity contribution in [1.29, 1.82) is 0 Å². The fourth-order valence-corrected chi connectivity index (χ4v) is 3.78. The molecule has 0 radical (unpaired) electrons. The van der Waals surface area contributed by atoms with Crippen LogP contribution < -0.4 is 0 Å². The fraction of sp³-hybridized carbons (Fsp3) is 0.857. The second kappa shape index (κ2) is 7.32. The number of hydrogen-bond acceptors (Lipinski definition) is 1. The van der Waals surface area contributed by atoms with Crippen molar-refractivity contribution in [3.63, 3.8) is 0 Å². The Labute approximate surface area is 139 Å². The summed E-state index contributed by atoms with van der Waals surface area (Å²) in [4.78, 5) is 4.76. The third-order valence-corrected chi connectivity index (χ3v) is 5.51. The van der Waals surface area contributed by atoms with Crippen molar-refractivity contribution in [3.8, 4) is 0 Å². The van der Waals surface area contributed by atoms with Crippen LogP contribution in [0.4, 0.5) is 0 Å². The lowest BCUT2D eigenvalue weighted by Gasteiger charge is -2.39. The number of allylic oxidation sites excluding steroid dienone is 1. The quantitative estimate of drug-likeness (QED) is 0.502. The van der Waals surface area contributed by atoms with Crippen molar-refractivity contribution < 1.29 is 0 Å². The van der Waals surface area contributed by atoms with Gasteiger partial charge in [-0.3, -0.25) is 4.99 Å². The average Bonchev–Trinajstić information content (AvgIpc) is 2.35. The molecule has 0 saturated heterocycles. The summed E-state index contributed by atoms with van der Waals surface area (Å²) >= 11 is 0. The van der Waals surface area contributed by atoms with Crippen molar-refractivity contribution >= 4 is 5.71 Å². The van der Waals surface area contributed by atoms with Crippen LogP contribution in [0.25, 0.3) is 0 Å². The first kappa shape index (κ1) is 19.5. The Hall–Kier alpha value is -0.590. The molecule has 1 heteroatoms. The molecule has 128 valence electrons. The summed E-state index contributed by atoms with van der Waals surface area (Å²) in [5.41, 5.74) is 2.89. The molecule has 0 aliphatic heterocycles. The zero-order valence-corrected chi connectivity index (χ0v) is 16.4. The van der Waals surface area contributed by atoms with Crippen LogP contribution in [0, 0.1) is 28.6 Å². The standard InChI is InChI=1S/C21H39N/c1-15(2)22-19(21(7,8)9)14-16(3)17-10-12-18(13-11-17)20(4,5)6/h16-18H,1,10-14H2,2-9H3/b22-19+. The molecule has 0 N–H and O–H groups in total. The van der Waals surface area contributed by atoms with Gasteiger partial charge in [-0.2, -0.15) is 0 Å². The first-order valence-electron chi connectivity index (χ1n) is 9.14. The summed E-state index contributed by atoms with van der Waals surface area (Å²) in [6, 6.07) is 0. The maximum absolute atomic E-state index is 4.76. The molecule has 1 saturated carbocycles. The summed E-state index contributed by atoms with van der Waals surface area (Å²) in [6.45, 7) is 22.4. The van der Waals surface area contributed by atoms with E-state index in [0.717, 1.165) is 29.9 Å². The van der Waals surface area contributed by atoms with Crippen LogP contribution in [0.1, 0.15) is 87.5 Å². The van der Waals surface area contributed by atoms with Gasteiger partial charge >= 0.3 is 0 Å². The molecule has 1 atom stereocenters. The third kappa shape index (κ3) is 5.89. The molecule has 1 rings (SSSR count). The summed E-state index contributed by atoms with van der Waals surface area (Å²) in [5, 5.41) is 0. The summed E-state index contributed by atoms with van der Waals surface area (Å²) in [7, 11) is 0. The molecule has 0 aromatic carbocycles. The smallest absolute Gasteiger partial charge is 0.0300 e. The van der Waals surface area contributed by atoms with Crippen molar-refractivity contribution in [1.82, 2.24) is 0 Å². The summed E-state index contributed by atoms with van der Waals surface area (Å²) in [6.07, 6.45) is 6.73. The van der Waals surface area contributed by atoms with Crippen molar-refractivity contribution in [2.75, 3.05) is 0 Å². The Morgan fingerprint density at radius 3 is 1.91 bits per heavy atom. The van der Waals surface area contributed by atoms with Gasteiger partial charge in [0.25, 0.3) is 0 Å². The van der Waals surface area contributed by atoms with Gasteiger partial charge in [0.05, 0.1) is 0 Å². The lowest BCUT2D eigenvalue weighted by Crippen LogP contribution is -2.30. The molecular formula is C21H39N. The first-order valence-corrected chi connectivity index (χ1v) is 9.14. The fourth-order valence-electron chi connectivity index (χ4n) is 3.78. The molecule has 22 heavy (non-hydrogen) atoms. The summed E-state index contributed by atoms with van der Waals surface area (Å²) < 4.78 is 0. The molecule has 1 nitrogen and oxygen atoms in total. The van der Waals surface area contributed by atoms with E-state index >= 15 is 0 Å². The van der Waals surface area contributed by atoms with E-state index in [0.29, 0.717) is 5.41 Å². The molecule has 0 aromatic heterocycles. The highest BCUT2D eigenvalue weighted by atomic mass is 14.8. The molecule has 1 aliphatic rings. The Balaban J connectivity index is 2.66. The van der Waals surface area contributed by atoms with E-state index < -0.39 is 0 Å². The minimum absolute atomic E-state index is 0.149. The highest BCUT2D eigenvalue weighted by Crippen LogP contribution is 2.42. The van der Waals surface area contributed by atoms with E-state index in [4.69, 9.17) is 4.99 Å². The number of rotatable bonds is 4. The topological polar surface area (TPSA) is 12.4 Å². The first-order chi connectivity index (χ1) is 9.91. The Morgan fingerprint density at radius 1 is 1.05 bits per heavy atom. The second-order valence-electron chi connectivity index (χ2n) is 9.70. The Morgan fingerprint density at radius 2 is 1.55 bits per heavy atom. The van der Waals surface area contributed by atoms with Gasteiger partial charge in [-0.25, -0.2) is 0 Å². The number of aliphatic imine (C=N–C) groups is 1. The zero-order valence-electron chi connectivity index (χ0n) is 16.4. The van der Waals surface area contributed by atoms with Crippen LogP contribution in [0.2, 0.25) is 0 Å². The molecule has 0 spiro atoms. The van der Waals surface area contributed by atoms with E-state index in [-0.39, 0.29) is 5.41 Å². The minimum atomic E-state index is 0.149. The van der Waals surface area contributed by atoms with E-state index in [9.17, 15) is 0 Å². The number of hydrogen-bond donors (Lipinski definition) is 0. The number of nitrogens with zero attached hydrogens (tertiary/aromatic N) is 1. The van der Waals surface area contributed by atoms with Crippen LogP contribution >= 0.6 is 0 Å². The van der Waals surface area contributed by atoms with Gasteiger partial charge in [-0.05, 0) is 62.2 Å². The lowest BCUT2D eigenvalue weighted by molar-refractivity contribution is 0.129. The minimum Gasteiger partial charge on any atom is -0.263 e. The largest absolute Gasteiger partial charge is 0.263 e. The molecule has 1 aliphatic carbocycles. The van der Waals surface area contributed by atoms with Crippen LogP contribution in [-0.4, -0.2) is 5.71 Å². The van der Waals surface area contributed by atoms with Gasteiger partial charge in [0.1, 0.15) is 0 Å². The molecular weight excluding hydrogens is 266 g/mol. The maximum atomic E-state index is 4.76. The molecule has 1 unspecified atom stereocenters. The predicted molar refractivity (Wildman–Crippen MR) is 100 cm³/mol. The predicted octanol–water partition coefficient (Wildman–Crippen LogP) is 6.89. The Bertz CT molecular complexity index is 395. The molecule has 1 fully saturated rings. The van der Waals surface area contributed by atoms with Crippen LogP contribution in [0.15, 0.2) is 17.3 Å².